The monoisotopic (exact) mass is 192 g/mol. The number of imidazole rings is 1. The van der Waals surface area contributed by atoms with Gasteiger partial charge in [0, 0.05) is 6.42 Å². The quantitative estimate of drug-likeness (QED) is 0.796. The van der Waals surface area contributed by atoms with Crippen LogP contribution in [0.5, 0.6) is 5.88 Å². The number of rotatable bonds is 3. The van der Waals surface area contributed by atoms with Crippen LogP contribution in [0.25, 0.3) is 11.2 Å². The second kappa shape index (κ2) is 3.61. The average molecular weight is 192 g/mol. The summed E-state index contributed by atoms with van der Waals surface area (Å²) in [4.78, 5) is 15.6. The van der Waals surface area contributed by atoms with Crippen LogP contribution in [0, 0.1) is 0 Å². The molecule has 1 N–H and O–H groups in total. The highest BCUT2D eigenvalue weighted by Gasteiger charge is 2.08. The molecule has 0 aliphatic rings. The van der Waals surface area contributed by atoms with Crippen molar-refractivity contribution in [1.29, 1.82) is 0 Å². The van der Waals surface area contributed by atoms with Gasteiger partial charge in [-0.15, -0.1) is 0 Å². The molecule has 0 fully saturated rings. The van der Waals surface area contributed by atoms with Crippen LogP contribution in [-0.2, 0) is 6.42 Å². The number of methoxy groups -OCH3 is 1. The van der Waals surface area contributed by atoms with E-state index < -0.39 is 0 Å². The van der Waals surface area contributed by atoms with Gasteiger partial charge in [0.2, 0.25) is 5.88 Å². The maximum Gasteiger partial charge on any atom is 0.245 e. The van der Waals surface area contributed by atoms with Gasteiger partial charge in [-0.2, -0.15) is 4.98 Å². The van der Waals surface area contributed by atoms with Crippen LogP contribution in [0.3, 0.4) is 0 Å². The van der Waals surface area contributed by atoms with Crippen LogP contribution in [-0.4, -0.2) is 27.0 Å². The second-order valence-electron chi connectivity index (χ2n) is 3.01. The molecular weight excluding hydrogens is 180 g/mol. The first-order valence-electron chi connectivity index (χ1n) is 4.58. The molecule has 5 heteroatoms. The lowest BCUT2D eigenvalue weighted by molar-refractivity contribution is 0.401. The first kappa shape index (κ1) is 8.93. The molecule has 0 saturated heterocycles. The standard InChI is InChI=1S/C9H12N4O/c1-3-4-6-12-7-8(13-6)10-5-11-9(7)14-2/h5H,3-4H2,1-2H3,(H,10,11,12,13). The van der Waals surface area contributed by atoms with Crippen molar-refractivity contribution in [3.63, 3.8) is 0 Å². The van der Waals surface area contributed by atoms with E-state index in [2.05, 4.69) is 26.9 Å². The minimum Gasteiger partial charge on any atom is -0.479 e. The zero-order valence-corrected chi connectivity index (χ0v) is 8.24. The largest absolute Gasteiger partial charge is 0.479 e. The Balaban J connectivity index is 2.52. The molecule has 0 radical (unpaired) electrons. The predicted octanol–water partition coefficient (Wildman–Crippen LogP) is 1.31. The van der Waals surface area contributed by atoms with Gasteiger partial charge in [0.15, 0.2) is 11.2 Å². The Morgan fingerprint density at radius 3 is 3.00 bits per heavy atom. The van der Waals surface area contributed by atoms with Crippen LogP contribution in [0.2, 0.25) is 0 Å². The number of fused-ring (bicyclic) bond motifs is 1. The van der Waals surface area contributed by atoms with E-state index in [9.17, 15) is 0 Å². The summed E-state index contributed by atoms with van der Waals surface area (Å²) in [5.41, 5.74) is 1.44. The van der Waals surface area contributed by atoms with E-state index in [0.29, 0.717) is 11.4 Å². The number of hydrogen-bond acceptors (Lipinski definition) is 4. The van der Waals surface area contributed by atoms with E-state index in [4.69, 9.17) is 4.74 Å². The Bertz CT molecular complexity index is 437. The number of nitrogens with one attached hydrogen (secondary N) is 1. The number of aromatic amines is 1. The van der Waals surface area contributed by atoms with Crippen molar-refractivity contribution >= 4 is 11.2 Å². The molecule has 74 valence electrons. The van der Waals surface area contributed by atoms with Crippen LogP contribution in [0.15, 0.2) is 6.33 Å². The fraction of sp³-hybridized carbons (Fsp3) is 0.444. The summed E-state index contributed by atoms with van der Waals surface area (Å²) in [5.74, 6) is 1.45. The lowest BCUT2D eigenvalue weighted by atomic mass is 10.3. The van der Waals surface area contributed by atoms with Crippen LogP contribution < -0.4 is 4.74 Å². The Kier molecular flexibility index (Phi) is 2.30. The molecular formula is C9H12N4O. The number of aryl methyl sites for hydroxylation is 1. The highest BCUT2D eigenvalue weighted by Crippen LogP contribution is 2.18. The van der Waals surface area contributed by atoms with Crippen molar-refractivity contribution < 1.29 is 4.74 Å². The minimum atomic E-state index is 0.522. The smallest absolute Gasteiger partial charge is 0.245 e. The van der Waals surface area contributed by atoms with E-state index in [0.717, 1.165) is 24.3 Å². The Labute approximate surface area is 81.6 Å². The molecule has 2 rings (SSSR count). The molecule has 0 unspecified atom stereocenters. The van der Waals surface area contributed by atoms with Gasteiger partial charge in [-0.1, -0.05) is 6.92 Å². The third-order valence-corrected chi connectivity index (χ3v) is 1.98. The number of aromatic nitrogens is 4. The van der Waals surface area contributed by atoms with Gasteiger partial charge in [0.25, 0.3) is 0 Å². The third kappa shape index (κ3) is 1.41. The summed E-state index contributed by atoms with van der Waals surface area (Å²) in [6.45, 7) is 2.11. The van der Waals surface area contributed by atoms with Gasteiger partial charge >= 0.3 is 0 Å². The van der Waals surface area contributed by atoms with Crippen molar-refractivity contribution in [3.8, 4) is 5.88 Å². The number of ether oxygens (including phenoxy) is 1. The van der Waals surface area contributed by atoms with Crippen molar-refractivity contribution in [2.45, 2.75) is 19.8 Å². The number of hydrogen-bond donors (Lipinski definition) is 1. The zero-order chi connectivity index (χ0) is 9.97. The summed E-state index contributed by atoms with van der Waals surface area (Å²) in [7, 11) is 1.58. The summed E-state index contributed by atoms with van der Waals surface area (Å²) >= 11 is 0. The average Bonchev–Trinajstić information content (AvgIpc) is 2.60. The molecule has 0 aliphatic heterocycles. The van der Waals surface area contributed by atoms with E-state index in [1.165, 1.54) is 6.33 Å². The van der Waals surface area contributed by atoms with E-state index >= 15 is 0 Å². The first-order chi connectivity index (χ1) is 6.85. The van der Waals surface area contributed by atoms with Crippen molar-refractivity contribution in [1.82, 2.24) is 19.9 Å². The second-order valence-corrected chi connectivity index (χ2v) is 3.01. The van der Waals surface area contributed by atoms with Gasteiger partial charge in [-0.25, -0.2) is 9.97 Å². The van der Waals surface area contributed by atoms with Gasteiger partial charge in [0.05, 0.1) is 7.11 Å². The van der Waals surface area contributed by atoms with Crippen molar-refractivity contribution in [3.05, 3.63) is 12.2 Å². The Morgan fingerprint density at radius 2 is 2.29 bits per heavy atom. The fourth-order valence-electron chi connectivity index (χ4n) is 1.36. The highest BCUT2D eigenvalue weighted by atomic mass is 16.5. The molecule has 2 aromatic rings. The van der Waals surface area contributed by atoms with E-state index in [-0.39, 0.29) is 0 Å². The predicted molar refractivity (Wildman–Crippen MR) is 52.2 cm³/mol. The lowest BCUT2D eigenvalue weighted by Crippen LogP contribution is -1.89. The molecule has 14 heavy (non-hydrogen) atoms. The molecule has 0 atom stereocenters. The van der Waals surface area contributed by atoms with Gasteiger partial charge in [-0.3, -0.25) is 0 Å². The van der Waals surface area contributed by atoms with Crippen LogP contribution in [0.1, 0.15) is 19.2 Å². The van der Waals surface area contributed by atoms with Crippen molar-refractivity contribution in [2.24, 2.45) is 0 Å². The molecule has 0 bridgehead atoms. The molecule has 0 amide bonds. The van der Waals surface area contributed by atoms with E-state index in [1.54, 1.807) is 7.11 Å². The molecule has 0 spiro atoms. The molecule has 0 aromatic carbocycles. The van der Waals surface area contributed by atoms with Gasteiger partial charge in [-0.05, 0) is 6.42 Å². The fourth-order valence-corrected chi connectivity index (χ4v) is 1.36. The minimum absolute atomic E-state index is 0.522. The summed E-state index contributed by atoms with van der Waals surface area (Å²) in [6.07, 6.45) is 3.43. The first-order valence-corrected chi connectivity index (χ1v) is 4.58. The maximum absolute atomic E-state index is 5.09. The SMILES string of the molecule is CCCc1nc2c(OC)ncnc2[nH]1. The molecule has 0 aliphatic carbocycles. The topological polar surface area (TPSA) is 63.7 Å². The maximum atomic E-state index is 5.09. The zero-order valence-electron chi connectivity index (χ0n) is 8.24. The Morgan fingerprint density at radius 1 is 1.43 bits per heavy atom. The summed E-state index contributed by atoms with van der Waals surface area (Å²) in [6, 6.07) is 0. The van der Waals surface area contributed by atoms with Gasteiger partial charge < -0.3 is 9.72 Å². The molecule has 0 saturated carbocycles. The molecule has 2 aromatic heterocycles. The number of nitrogens with zero attached hydrogens (tertiary/aromatic N) is 3. The van der Waals surface area contributed by atoms with Crippen molar-refractivity contribution in [2.75, 3.05) is 7.11 Å². The summed E-state index contributed by atoms with van der Waals surface area (Å²) < 4.78 is 5.09. The van der Waals surface area contributed by atoms with Crippen LogP contribution in [0.4, 0.5) is 0 Å². The van der Waals surface area contributed by atoms with E-state index in [1.807, 2.05) is 0 Å². The third-order valence-electron chi connectivity index (χ3n) is 1.98. The highest BCUT2D eigenvalue weighted by molar-refractivity contribution is 5.75. The number of H-pyrrole nitrogens is 1. The molecule has 2 heterocycles. The van der Waals surface area contributed by atoms with Gasteiger partial charge in [0.1, 0.15) is 12.2 Å². The lowest BCUT2D eigenvalue weighted by Gasteiger charge is -1.95. The summed E-state index contributed by atoms with van der Waals surface area (Å²) in [5, 5.41) is 0. The Hall–Kier alpha value is -1.65. The normalized spacial score (nSPS) is 10.7. The molecule has 5 nitrogen and oxygen atoms in total. The van der Waals surface area contributed by atoms with Crippen LogP contribution >= 0.6 is 0 Å².